The summed E-state index contributed by atoms with van der Waals surface area (Å²) in [6.07, 6.45) is 3.73. The van der Waals surface area contributed by atoms with Gasteiger partial charge in [-0.25, -0.2) is 4.79 Å². The molecule has 2 aromatic carbocycles. The molecule has 0 unspecified atom stereocenters. The second kappa shape index (κ2) is 9.41. The van der Waals surface area contributed by atoms with Crippen LogP contribution in [0.15, 0.2) is 64.2 Å². The van der Waals surface area contributed by atoms with Crippen molar-refractivity contribution in [3.8, 4) is 11.5 Å². The van der Waals surface area contributed by atoms with Gasteiger partial charge in [-0.15, -0.1) is 0 Å². The van der Waals surface area contributed by atoms with Crippen LogP contribution in [0, 0.1) is 5.92 Å². The standard InChI is InChI=1S/C27H29N5O4/c1-18-16-31(21-13-12-20(35-3)15-22(21)36-4)26-28-24-23(32(26)17-18)25(33)30(27(34)29(24)2)14-8-11-19-9-6-5-7-10-19/h5-13,15,18H,14,16-17H2,1-4H3/b11-8+/t18-/m0/s1. The molecule has 9 nitrogen and oxygen atoms in total. The highest BCUT2D eigenvalue weighted by atomic mass is 16.5. The molecule has 5 rings (SSSR count). The molecule has 36 heavy (non-hydrogen) atoms. The third kappa shape index (κ3) is 3.96. The van der Waals surface area contributed by atoms with Crippen LogP contribution in [0.3, 0.4) is 0 Å². The summed E-state index contributed by atoms with van der Waals surface area (Å²) in [5, 5.41) is 0. The van der Waals surface area contributed by atoms with E-state index in [4.69, 9.17) is 14.5 Å². The Kier molecular flexibility index (Phi) is 6.13. The first-order chi connectivity index (χ1) is 17.4. The molecule has 0 radical (unpaired) electrons. The van der Waals surface area contributed by atoms with Gasteiger partial charge in [-0.05, 0) is 23.6 Å². The fourth-order valence-corrected chi connectivity index (χ4v) is 4.74. The number of ether oxygens (including phenoxy) is 2. The van der Waals surface area contributed by atoms with Crippen molar-refractivity contribution in [3.63, 3.8) is 0 Å². The quantitative estimate of drug-likeness (QED) is 0.415. The van der Waals surface area contributed by atoms with E-state index in [-0.39, 0.29) is 18.0 Å². The summed E-state index contributed by atoms with van der Waals surface area (Å²) in [7, 11) is 4.87. The van der Waals surface area contributed by atoms with Crippen LogP contribution in [0.2, 0.25) is 0 Å². The predicted molar refractivity (Wildman–Crippen MR) is 140 cm³/mol. The SMILES string of the molecule is COc1ccc(N2C[C@H](C)Cn3c2nc2c3c(=O)n(C/C=C/c3ccccc3)c(=O)n2C)c(OC)c1. The number of anilines is 2. The molecule has 0 fully saturated rings. The van der Waals surface area contributed by atoms with E-state index in [9.17, 15) is 9.59 Å². The van der Waals surface area contributed by atoms with E-state index in [0.29, 0.717) is 41.7 Å². The Labute approximate surface area is 208 Å². The number of benzene rings is 2. The van der Waals surface area contributed by atoms with Crippen molar-refractivity contribution in [2.24, 2.45) is 13.0 Å². The minimum Gasteiger partial charge on any atom is -0.497 e. The van der Waals surface area contributed by atoms with Crippen LogP contribution in [-0.4, -0.2) is 39.4 Å². The van der Waals surface area contributed by atoms with E-state index >= 15 is 0 Å². The van der Waals surface area contributed by atoms with Gasteiger partial charge in [-0.2, -0.15) is 4.98 Å². The second-order valence-corrected chi connectivity index (χ2v) is 9.02. The van der Waals surface area contributed by atoms with Crippen LogP contribution in [-0.2, 0) is 20.1 Å². The van der Waals surface area contributed by atoms with Crippen molar-refractivity contribution in [2.75, 3.05) is 25.7 Å². The van der Waals surface area contributed by atoms with Gasteiger partial charge >= 0.3 is 5.69 Å². The molecule has 0 saturated heterocycles. The maximum Gasteiger partial charge on any atom is 0.332 e. The Morgan fingerprint density at radius 2 is 1.83 bits per heavy atom. The first-order valence-corrected chi connectivity index (χ1v) is 11.8. The number of aryl methyl sites for hydroxylation is 1. The van der Waals surface area contributed by atoms with Gasteiger partial charge in [-0.1, -0.05) is 49.4 Å². The Hall–Kier alpha value is -4.27. The molecule has 0 spiro atoms. The van der Waals surface area contributed by atoms with E-state index in [0.717, 1.165) is 11.3 Å². The molecular formula is C27H29N5O4. The summed E-state index contributed by atoms with van der Waals surface area (Å²) in [6, 6.07) is 15.4. The molecule has 3 heterocycles. The van der Waals surface area contributed by atoms with Crippen molar-refractivity contribution in [3.05, 3.63) is 81.0 Å². The van der Waals surface area contributed by atoms with Crippen LogP contribution >= 0.6 is 0 Å². The zero-order chi connectivity index (χ0) is 25.4. The lowest BCUT2D eigenvalue weighted by Crippen LogP contribution is -2.40. The summed E-state index contributed by atoms with van der Waals surface area (Å²) < 4.78 is 15.6. The van der Waals surface area contributed by atoms with Gasteiger partial charge in [0.1, 0.15) is 11.5 Å². The topological polar surface area (TPSA) is 83.5 Å². The smallest absolute Gasteiger partial charge is 0.332 e. The van der Waals surface area contributed by atoms with Gasteiger partial charge in [0.2, 0.25) is 5.95 Å². The molecule has 0 bridgehead atoms. The van der Waals surface area contributed by atoms with E-state index in [1.54, 1.807) is 21.3 Å². The van der Waals surface area contributed by atoms with Crippen LogP contribution in [0.25, 0.3) is 17.2 Å². The zero-order valence-corrected chi connectivity index (χ0v) is 20.8. The van der Waals surface area contributed by atoms with Crippen molar-refractivity contribution in [1.82, 2.24) is 18.7 Å². The number of imidazole rings is 1. The van der Waals surface area contributed by atoms with E-state index < -0.39 is 5.69 Å². The van der Waals surface area contributed by atoms with Gasteiger partial charge in [0.05, 0.1) is 19.9 Å². The summed E-state index contributed by atoms with van der Waals surface area (Å²) in [5.74, 6) is 2.16. The Morgan fingerprint density at radius 3 is 2.56 bits per heavy atom. The molecule has 9 heteroatoms. The molecule has 1 atom stereocenters. The third-order valence-corrected chi connectivity index (χ3v) is 6.52. The number of rotatable bonds is 6. The van der Waals surface area contributed by atoms with E-state index in [1.165, 1.54) is 9.13 Å². The average molecular weight is 488 g/mol. The van der Waals surface area contributed by atoms with Gasteiger partial charge < -0.3 is 18.9 Å². The van der Waals surface area contributed by atoms with Crippen molar-refractivity contribution in [2.45, 2.75) is 20.0 Å². The molecule has 4 aromatic rings. The monoisotopic (exact) mass is 487 g/mol. The van der Waals surface area contributed by atoms with Crippen LogP contribution in [0.4, 0.5) is 11.6 Å². The minimum atomic E-state index is -0.401. The molecule has 1 aliphatic heterocycles. The Morgan fingerprint density at radius 1 is 1.06 bits per heavy atom. The average Bonchev–Trinajstić information content (AvgIpc) is 3.28. The van der Waals surface area contributed by atoms with Gasteiger partial charge in [0, 0.05) is 32.7 Å². The van der Waals surface area contributed by atoms with Gasteiger partial charge in [0.15, 0.2) is 11.2 Å². The van der Waals surface area contributed by atoms with E-state index in [1.807, 2.05) is 70.1 Å². The van der Waals surface area contributed by atoms with Gasteiger partial charge in [-0.3, -0.25) is 13.9 Å². The second-order valence-electron chi connectivity index (χ2n) is 9.02. The lowest BCUT2D eigenvalue weighted by Gasteiger charge is -2.33. The summed E-state index contributed by atoms with van der Waals surface area (Å²) >= 11 is 0. The third-order valence-electron chi connectivity index (χ3n) is 6.52. The largest absolute Gasteiger partial charge is 0.497 e. The highest BCUT2D eigenvalue weighted by molar-refractivity contribution is 5.78. The maximum absolute atomic E-state index is 13.6. The number of aromatic nitrogens is 4. The molecule has 1 aliphatic rings. The first kappa shape index (κ1) is 23.5. The summed E-state index contributed by atoms with van der Waals surface area (Å²) in [4.78, 5) is 33.6. The fraction of sp³-hybridized carbons (Fsp3) is 0.296. The molecule has 0 aliphatic carbocycles. The van der Waals surface area contributed by atoms with Crippen molar-refractivity contribution < 1.29 is 9.47 Å². The summed E-state index contributed by atoms with van der Waals surface area (Å²) in [5.41, 5.74) is 1.86. The number of allylic oxidation sites excluding steroid dienone is 1. The van der Waals surface area contributed by atoms with E-state index in [2.05, 4.69) is 6.92 Å². The first-order valence-electron chi connectivity index (χ1n) is 11.8. The van der Waals surface area contributed by atoms with Gasteiger partial charge in [0.25, 0.3) is 5.56 Å². The molecule has 0 saturated carbocycles. The van der Waals surface area contributed by atoms with Crippen LogP contribution in [0.5, 0.6) is 11.5 Å². The Balaban J connectivity index is 1.64. The molecule has 0 N–H and O–H groups in total. The van der Waals surface area contributed by atoms with Crippen molar-refractivity contribution >= 4 is 28.9 Å². The highest BCUT2D eigenvalue weighted by Gasteiger charge is 2.31. The zero-order valence-electron chi connectivity index (χ0n) is 20.8. The molecular weight excluding hydrogens is 458 g/mol. The lowest BCUT2D eigenvalue weighted by molar-refractivity contribution is 0.392. The minimum absolute atomic E-state index is 0.169. The molecule has 186 valence electrons. The maximum atomic E-state index is 13.6. The molecule has 0 amide bonds. The highest BCUT2D eigenvalue weighted by Crippen LogP contribution is 2.39. The normalized spacial score (nSPS) is 15.4. The summed E-state index contributed by atoms with van der Waals surface area (Å²) in [6.45, 7) is 3.60. The molecule has 2 aromatic heterocycles. The fourth-order valence-electron chi connectivity index (χ4n) is 4.74. The number of hydrogen-bond acceptors (Lipinski definition) is 6. The number of hydrogen-bond donors (Lipinski definition) is 0. The predicted octanol–water partition coefficient (Wildman–Crippen LogP) is 3.42. The number of methoxy groups -OCH3 is 2. The van der Waals surface area contributed by atoms with Crippen LogP contribution in [0.1, 0.15) is 12.5 Å². The van der Waals surface area contributed by atoms with Crippen LogP contribution < -0.4 is 25.6 Å². The number of nitrogens with zero attached hydrogens (tertiary/aromatic N) is 5. The lowest BCUT2D eigenvalue weighted by atomic mass is 10.1. The number of fused-ring (bicyclic) bond motifs is 3. The van der Waals surface area contributed by atoms with Crippen molar-refractivity contribution in [1.29, 1.82) is 0 Å². The Bertz CT molecular complexity index is 1570.